The van der Waals surface area contributed by atoms with E-state index in [-0.39, 0.29) is 29.9 Å². The maximum absolute atomic E-state index is 13.4. The fourth-order valence-corrected chi connectivity index (χ4v) is 1.37. The lowest BCUT2D eigenvalue weighted by molar-refractivity contribution is 0.416. The molecule has 18 heavy (non-hydrogen) atoms. The number of halogens is 2. The molecule has 0 radical (unpaired) electrons. The largest absolute Gasteiger partial charge is 0.334 e. The predicted octanol–water partition coefficient (Wildman–Crippen LogP) is 1.84. The van der Waals surface area contributed by atoms with Gasteiger partial charge >= 0.3 is 0 Å². The number of rotatable bonds is 4. The van der Waals surface area contributed by atoms with E-state index >= 15 is 0 Å². The summed E-state index contributed by atoms with van der Waals surface area (Å²) in [5.74, 6) is 0.269. The van der Waals surface area contributed by atoms with E-state index < -0.39 is 5.82 Å². The van der Waals surface area contributed by atoms with Gasteiger partial charge in [-0.1, -0.05) is 5.16 Å². The van der Waals surface area contributed by atoms with Crippen LogP contribution in [0.25, 0.3) is 11.5 Å². The standard InChI is InChI=1S/C11H13FN4O.ClH/c1-7(13-2)5-10-15-11(17-16-10)8-3-4-14-6-9(8)12;/h3-4,6-7,13H,5H2,1-2H3;1H. The maximum Gasteiger partial charge on any atom is 0.261 e. The molecule has 0 saturated carbocycles. The Kier molecular flexibility index (Phi) is 5.18. The molecule has 1 atom stereocenters. The summed E-state index contributed by atoms with van der Waals surface area (Å²) in [6.45, 7) is 2.00. The molecule has 1 unspecified atom stereocenters. The number of pyridine rings is 1. The van der Waals surface area contributed by atoms with Crippen LogP contribution in [0.4, 0.5) is 4.39 Å². The van der Waals surface area contributed by atoms with Gasteiger partial charge in [0.05, 0.1) is 11.8 Å². The van der Waals surface area contributed by atoms with Gasteiger partial charge in [-0.15, -0.1) is 12.4 Å². The molecule has 0 saturated heterocycles. The molecule has 0 fully saturated rings. The highest BCUT2D eigenvalue weighted by Crippen LogP contribution is 2.19. The van der Waals surface area contributed by atoms with E-state index in [4.69, 9.17) is 4.52 Å². The average Bonchev–Trinajstić information content (AvgIpc) is 2.78. The fraction of sp³-hybridized carbons (Fsp3) is 0.364. The van der Waals surface area contributed by atoms with Crippen LogP contribution in [0.15, 0.2) is 23.0 Å². The van der Waals surface area contributed by atoms with Gasteiger partial charge in [-0.25, -0.2) is 4.39 Å². The lowest BCUT2D eigenvalue weighted by Gasteiger charge is -2.04. The van der Waals surface area contributed by atoms with Crippen molar-refractivity contribution in [2.24, 2.45) is 0 Å². The molecule has 5 nitrogen and oxygen atoms in total. The number of hydrogen-bond donors (Lipinski definition) is 1. The van der Waals surface area contributed by atoms with E-state index in [0.717, 1.165) is 6.20 Å². The monoisotopic (exact) mass is 272 g/mol. The van der Waals surface area contributed by atoms with Gasteiger partial charge in [-0.3, -0.25) is 4.98 Å². The molecule has 0 spiro atoms. The van der Waals surface area contributed by atoms with Crippen molar-refractivity contribution < 1.29 is 8.91 Å². The summed E-state index contributed by atoms with van der Waals surface area (Å²) in [5, 5.41) is 6.88. The normalized spacial score (nSPS) is 11.9. The minimum absolute atomic E-state index is 0. The van der Waals surface area contributed by atoms with Gasteiger partial charge in [0.25, 0.3) is 5.89 Å². The van der Waals surface area contributed by atoms with E-state index in [1.165, 1.54) is 12.3 Å². The van der Waals surface area contributed by atoms with Crippen LogP contribution in [0.1, 0.15) is 12.7 Å². The van der Waals surface area contributed by atoms with Crippen LogP contribution in [-0.4, -0.2) is 28.2 Å². The highest BCUT2D eigenvalue weighted by Gasteiger charge is 2.14. The quantitative estimate of drug-likeness (QED) is 0.920. The minimum Gasteiger partial charge on any atom is -0.334 e. The number of hydrogen-bond acceptors (Lipinski definition) is 5. The Morgan fingerprint density at radius 1 is 1.50 bits per heavy atom. The topological polar surface area (TPSA) is 63.8 Å². The predicted molar refractivity (Wildman–Crippen MR) is 67.0 cm³/mol. The van der Waals surface area contributed by atoms with Crippen LogP contribution in [0.3, 0.4) is 0 Å². The first kappa shape index (κ1) is 14.5. The van der Waals surface area contributed by atoms with Gasteiger partial charge in [0.15, 0.2) is 11.6 Å². The van der Waals surface area contributed by atoms with Gasteiger partial charge in [-0.05, 0) is 20.0 Å². The Labute approximate surface area is 110 Å². The Hall–Kier alpha value is -1.53. The number of nitrogens with one attached hydrogen (secondary N) is 1. The summed E-state index contributed by atoms with van der Waals surface area (Å²) >= 11 is 0. The van der Waals surface area contributed by atoms with Crippen LogP contribution >= 0.6 is 12.4 Å². The second kappa shape index (κ2) is 6.42. The first-order valence-corrected chi connectivity index (χ1v) is 5.30. The fourth-order valence-electron chi connectivity index (χ4n) is 1.37. The van der Waals surface area contributed by atoms with Gasteiger partial charge in [0, 0.05) is 18.7 Å². The molecule has 1 N–H and O–H groups in total. The lowest BCUT2D eigenvalue weighted by Crippen LogP contribution is -2.24. The van der Waals surface area contributed by atoms with Crippen molar-refractivity contribution in [2.75, 3.05) is 7.05 Å². The van der Waals surface area contributed by atoms with Crippen molar-refractivity contribution in [3.63, 3.8) is 0 Å². The zero-order valence-corrected chi connectivity index (χ0v) is 10.9. The summed E-state index contributed by atoms with van der Waals surface area (Å²) in [4.78, 5) is 7.81. The number of nitrogens with zero attached hydrogens (tertiary/aromatic N) is 3. The highest BCUT2D eigenvalue weighted by atomic mass is 35.5. The Morgan fingerprint density at radius 3 is 2.94 bits per heavy atom. The zero-order chi connectivity index (χ0) is 12.3. The Morgan fingerprint density at radius 2 is 2.28 bits per heavy atom. The average molecular weight is 273 g/mol. The van der Waals surface area contributed by atoms with Crippen LogP contribution in [-0.2, 0) is 6.42 Å². The van der Waals surface area contributed by atoms with Crippen molar-refractivity contribution in [1.82, 2.24) is 20.4 Å². The molecule has 0 aliphatic carbocycles. The van der Waals surface area contributed by atoms with Crippen LogP contribution in [0, 0.1) is 5.82 Å². The second-order valence-corrected chi connectivity index (χ2v) is 3.77. The van der Waals surface area contributed by atoms with Gasteiger partial charge in [0.1, 0.15) is 0 Å². The minimum atomic E-state index is -0.468. The van der Waals surface area contributed by atoms with E-state index in [9.17, 15) is 4.39 Å². The zero-order valence-electron chi connectivity index (χ0n) is 10.1. The van der Waals surface area contributed by atoms with Gasteiger partial charge in [0.2, 0.25) is 0 Å². The molecular formula is C11H14ClFN4O. The lowest BCUT2D eigenvalue weighted by atomic mass is 10.2. The van der Waals surface area contributed by atoms with Crippen molar-refractivity contribution in [2.45, 2.75) is 19.4 Å². The molecular weight excluding hydrogens is 259 g/mol. The molecule has 0 amide bonds. The first-order valence-electron chi connectivity index (χ1n) is 5.30. The highest BCUT2D eigenvalue weighted by molar-refractivity contribution is 5.85. The van der Waals surface area contributed by atoms with Crippen molar-refractivity contribution in [3.05, 3.63) is 30.1 Å². The molecule has 98 valence electrons. The summed E-state index contributed by atoms with van der Waals surface area (Å²) in [5.41, 5.74) is 0.274. The Bertz CT molecular complexity index is 505. The SMILES string of the molecule is CNC(C)Cc1noc(-c2ccncc2F)n1.Cl. The smallest absolute Gasteiger partial charge is 0.261 e. The van der Waals surface area contributed by atoms with Gasteiger partial charge < -0.3 is 9.84 Å². The molecule has 0 aliphatic heterocycles. The van der Waals surface area contributed by atoms with E-state index in [0.29, 0.717) is 12.2 Å². The molecule has 7 heteroatoms. The third-order valence-corrected chi connectivity index (χ3v) is 2.45. The summed E-state index contributed by atoms with van der Waals surface area (Å²) in [6, 6.07) is 1.75. The molecule has 2 heterocycles. The maximum atomic E-state index is 13.4. The molecule has 2 aromatic heterocycles. The number of likely N-dealkylation sites (N-methyl/N-ethyl adjacent to an activating group) is 1. The third-order valence-electron chi connectivity index (χ3n) is 2.45. The third kappa shape index (κ3) is 3.24. The van der Waals surface area contributed by atoms with E-state index in [1.807, 2.05) is 14.0 Å². The van der Waals surface area contributed by atoms with Crippen LogP contribution in [0.5, 0.6) is 0 Å². The number of aromatic nitrogens is 3. The van der Waals surface area contributed by atoms with Crippen molar-refractivity contribution >= 4 is 12.4 Å². The van der Waals surface area contributed by atoms with E-state index in [2.05, 4.69) is 20.4 Å². The second-order valence-electron chi connectivity index (χ2n) is 3.77. The molecule has 0 bridgehead atoms. The summed E-state index contributed by atoms with van der Waals surface area (Å²) < 4.78 is 18.4. The van der Waals surface area contributed by atoms with Crippen molar-refractivity contribution in [3.8, 4) is 11.5 Å². The molecule has 2 rings (SSSR count). The molecule has 0 aromatic carbocycles. The summed E-state index contributed by atoms with van der Waals surface area (Å²) in [6.07, 6.45) is 3.24. The van der Waals surface area contributed by atoms with Crippen molar-refractivity contribution in [1.29, 1.82) is 0 Å². The van der Waals surface area contributed by atoms with E-state index in [1.54, 1.807) is 0 Å². The molecule has 2 aromatic rings. The Balaban J connectivity index is 0.00000162. The van der Waals surface area contributed by atoms with Gasteiger partial charge in [-0.2, -0.15) is 4.98 Å². The molecule has 0 aliphatic rings. The summed E-state index contributed by atoms with van der Waals surface area (Å²) in [7, 11) is 1.86. The first-order chi connectivity index (χ1) is 8.20. The van der Waals surface area contributed by atoms with Crippen LogP contribution < -0.4 is 5.32 Å². The van der Waals surface area contributed by atoms with Crippen LogP contribution in [0.2, 0.25) is 0 Å².